The van der Waals surface area contributed by atoms with Crippen molar-refractivity contribution in [3.63, 3.8) is 0 Å². The van der Waals surface area contributed by atoms with E-state index in [9.17, 15) is 22.3 Å². The topological polar surface area (TPSA) is 97.1 Å². The van der Waals surface area contributed by atoms with Gasteiger partial charge in [0.1, 0.15) is 5.65 Å². The number of nitrogens with one attached hydrogen (secondary N) is 1. The highest BCUT2D eigenvalue weighted by Gasteiger charge is 2.40. The molecule has 3 aromatic rings. The van der Waals surface area contributed by atoms with E-state index >= 15 is 0 Å². The molecule has 7 nitrogen and oxygen atoms in total. The highest BCUT2D eigenvalue weighted by atomic mass is 32.2. The summed E-state index contributed by atoms with van der Waals surface area (Å²) < 4.78 is 55.6. The third-order valence-corrected chi connectivity index (χ3v) is 10.3. The number of hydrogen-bond acceptors (Lipinski definition) is 6. The molecular formula is C28H36F2N4O3S. The molecule has 1 aromatic carbocycles. The van der Waals surface area contributed by atoms with Gasteiger partial charge in [-0.2, -0.15) is 4.98 Å². The smallest absolute Gasteiger partial charge is 0.248 e. The van der Waals surface area contributed by atoms with Crippen molar-refractivity contribution in [3.8, 4) is 11.1 Å². The molecule has 38 heavy (non-hydrogen) atoms. The monoisotopic (exact) mass is 546 g/mol. The number of rotatable bonds is 8. The Balaban J connectivity index is 1.46. The first-order valence-corrected chi connectivity index (χ1v) is 15.2. The van der Waals surface area contributed by atoms with Gasteiger partial charge in [0.2, 0.25) is 11.9 Å². The van der Waals surface area contributed by atoms with Gasteiger partial charge >= 0.3 is 0 Å². The summed E-state index contributed by atoms with van der Waals surface area (Å²) in [6.45, 7) is 2.92. The van der Waals surface area contributed by atoms with Gasteiger partial charge in [0, 0.05) is 48.8 Å². The summed E-state index contributed by atoms with van der Waals surface area (Å²) in [6.07, 6.45) is 8.07. The van der Waals surface area contributed by atoms with Crippen molar-refractivity contribution in [2.45, 2.75) is 99.3 Å². The minimum absolute atomic E-state index is 0.0212. The van der Waals surface area contributed by atoms with Crippen LogP contribution in [0, 0.1) is 0 Å². The number of aliphatic hydroxyl groups is 1. The third kappa shape index (κ3) is 5.57. The molecule has 2 aromatic heterocycles. The predicted octanol–water partition coefficient (Wildman–Crippen LogP) is 6.14. The molecule has 0 bridgehead atoms. The van der Waals surface area contributed by atoms with Crippen LogP contribution in [0.5, 0.6) is 0 Å². The van der Waals surface area contributed by atoms with Crippen molar-refractivity contribution >= 4 is 26.8 Å². The van der Waals surface area contributed by atoms with E-state index in [1.54, 1.807) is 24.3 Å². The number of sulfone groups is 1. The van der Waals surface area contributed by atoms with Gasteiger partial charge < -0.3 is 15.0 Å². The van der Waals surface area contributed by atoms with Crippen LogP contribution in [0.3, 0.4) is 0 Å². The summed E-state index contributed by atoms with van der Waals surface area (Å²) in [6, 6.07) is 6.93. The maximum atomic E-state index is 13.6. The molecule has 0 atom stereocenters. The Bertz CT molecular complexity index is 1360. The van der Waals surface area contributed by atoms with Crippen LogP contribution in [0.25, 0.3) is 22.2 Å². The first-order chi connectivity index (χ1) is 18.2. The summed E-state index contributed by atoms with van der Waals surface area (Å²) in [7, 11) is -3.68. The average Bonchev–Trinajstić information content (AvgIpc) is 3.28. The van der Waals surface area contributed by atoms with Crippen LogP contribution >= 0.6 is 0 Å². The van der Waals surface area contributed by atoms with Gasteiger partial charge in [-0.3, -0.25) is 0 Å². The van der Waals surface area contributed by atoms with E-state index in [2.05, 4.69) is 28.0 Å². The molecule has 2 aliphatic rings. The van der Waals surface area contributed by atoms with Gasteiger partial charge in [-0.1, -0.05) is 25.5 Å². The molecule has 10 heteroatoms. The van der Waals surface area contributed by atoms with Gasteiger partial charge in [0.15, 0.2) is 9.84 Å². The number of benzene rings is 1. The van der Waals surface area contributed by atoms with E-state index in [0.29, 0.717) is 5.95 Å². The lowest BCUT2D eigenvalue weighted by atomic mass is 9.93. The molecular weight excluding hydrogens is 510 g/mol. The molecule has 0 unspecified atom stereocenters. The van der Waals surface area contributed by atoms with Gasteiger partial charge in [-0.25, -0.2) is 22.2 Å². The largest absolute Gasteiger partial charge is 0.393 e. The van der Waals surface area contributed by atoms with Crippen LogP contribution in [0.1, 0.15) is 77.2 Å². The maximum absolute atomic E-state index is 13.6. The van der Waals surface area contributed by atoms with E-state index in [-0.39, 0.29) is 42.7 Å². The van der Waals surface area contributed by atoms with E-state index < -0.39 is 21.0 Å². The number of nitrogens with zero attached hydrogens (tertiary/aromatic N) is 3. The average molecular weight is 547 g/mol. The number of fused-ring (bicyclic) bond motifs is 1. The Kier molecular flexibility index (Phi) is 7.73. The Morgan fingerprint density at radius 3 is 2.42 bits per heavy atom. The number of halogens is 2. The molecule has 2 heterocycles. The number of alkyl halides is 2. The quantitative estimate of drug-likeness (QED) is 0.330. The fourth-order valence-electron chi connectivity index (χ4n) is 5.68. The fraction of sp³-hybridized carbons (Fsp3) is 0.571. The third-order valence-electron chi connectivity index (χ3n) is 8.04. The maximum Gasteiger partial charge on any atom is 0.248 e. The second kappa shape index (κ2) is 10.9. The van der Waals surface area contributed by atoms with E-state index in [4.69, 9.17) is 4.98 Å². The Hall–Kier alpha value is -2.59. The van der Waals surface area contributed by atoms with E-state index in [1.165, 1.54) is 0 Å². The van der Waals surface area contributed by atoms with Crippen molar-refractivity contribution in [2.24, 2.45) is 0 Å². The van der Waals surface area contributed by atoms with Crippen LogP contribution in [-0.2, 0) is 9.84 Å². The SMILES string of the molecule is CCCCNc1ncc2c(-c3ccc(S(=O)(=O)C4CCC(F)(F)CC4)cc3)cn(C3CCC(O)CC3)c2n1. The number of unbranched alkanes of at least 4 members (excludes halogenated alkanes) is 1. The van der Waals surface area contributed by atoms with Gasteiger partial charge in [0.05, 0.1) is 16.2 Å². The van der Waals surface area contributed by atoms with Crippen LogP contribution in [0.15, 0.2) is 41.6 Å². The molecule has 5 rings (SSSR count). The van der Waals surface area contributed by atoms with Crippen molar-refractivity contribution in [3.05, 3.63) is 36.7 Å². The zero-order valence-corrected chi connectivity index (χ0v) is 22.6. The van der Waals surface area contributed by atoms with Crippen molar-refractivity contribution in [1.82, 2.24) is 14.5 Å². The predicted molar refractivity (Wildman–Crippen MR) is 144 cm³/mol. The Morgan fingerprint density at radius 2 is 1.76 bits per heavy atom. The fourth-order valence-corrected chi connectivity index (χ4v) is 7.43. The lowest BCUT2D eigenvalue weighted by molar-refractivity contribution is -0.0328. The molecule has 2 N–H and O–H groups in total. The van der Waals surface area contributed by atoms with E-state index in [0.717, 1.165) is 67.2 Å². The zero-order chi connectivity index (χ0) is 26.9. The first-order valence-electron chi connectivity index (χ1n) is 13.7. The number of hydrogen-bond donors (Lipinski definition) is 2. The van der Waals surface area contributed by atoms with Crippen LogP contribution in [0.4, 0.5) is 14.7 Å². The summed E-state index contributed by atoms with van der Waals surface area (Å²) in [5.74, 6) is -2.19. The first kappa shape index (κ1) is 27.0. The molecule has 2 fully saturated rings. The summed E-state index contributed by atoms with van der Waals surface area (Å²) in [5.41, 5.74) is 2.57. The summed E-state index contributed by atoms with van der Waals surface area (Å²) in [5, 5.41) is 13.4. The molecule has 0 spiro atoms. The van der Waals surface area contributed by atoms with Crippen molar-refractivity contribution in [1.29, 1.82) is 0 Å². The van der Waals surface area contributed by atoms with Gasteiger partial charge in [-0.15, -0.1) is 0 Å². The van der Waals surface area contributed by atoms with Crippen LogP contribution in [0.2, 0.25) is 0 Å². The minimum atomic E-state index is -3.68. The Labute approximate surface area is 222 Å². The number of aliphatic hydroxyl groups excluding tert-OH is 1. The van der Waals surface area contributed by atoms with Gasteiger partial charge in [0.25, 0.3) is 0 Å². The normalized spacial score (nSPS) is 22.5. The Morgan fingerprint density at radius 1 is 1.08 bits per heavy atom. The molecule has 0 aliphatic heterocycles. The number of aromatic nitrogens is 3. The lowest BCUT2D eigenvalue weighted by Gasteiger charge is -2.28. The molecule has 206 valence electrons. The zero-order valence-electron chi connectivity index (χ0n) is 21.7. The second-order valence-electron chi connectivity index (χ2n) is 10.7. The highest BCUT2D eigenvalue weighted by molar-refractivity contribution is 7.92. The second-order valence-corrected chi connectivity index (χ2v) is 13.0. The minimum Gasteiger partial charge on any atom is -0.393 e. The number of anilines is 1. The molecule has 0 radical (unpaired) electrons. The van der Waals surface area contributed by atoms with Crippen LogP contribution < -0.4 is 5.32 Å². The molecule has 0 saturated heterocycles. The summed E-state index contributed by atoms with van der Waals surface area (Å²) >= 11 is 0. The van der Waals surface area contributed by atoms with Crippen LogP contribution in [-0.4, -0.2) is 51.9 Å². The summed E-state index contributed by atoms with van der Waals surface area (Å²) in [4.78, 5) is 9.54. The van der Waals surface area contributed by atoms with E-state index in [1.807, 2.05) is 6.20 Å². The highest BCUT2D eigenvalue weighted by Crippen LogP contribution is 2.39. The standard InChI is InChI=1S/C28H36F2N4O3S/c1-2-3-16-31-27-32-17-24-25(18-34(26(24)33-27)20-6-8-21(35)9-7-20)19-4-10-22(11-5-19)38(36,37)23-12-14-28(29,30)15-13-23/h4-5,10-11,17-18,20-21,23,35H,2-3,6-9,12-16H2,1H3,(H,31,32,33). The molecule has 2 saturated carbocycles. The molecule has 0 amide bonds. The molecule has 2 aliphatic carbocycles. The van der Waals surface area contributed by atoms with Gasteiger partial charge in [-0.05, 0) is 62.6 Å². The van der Waals surface area contributed by atoms with Crippen molar-refractivity contribution < 1.29 is 22.3 Å². The van der Waals surface area contributed by atoms with Crippen molar-refractivity contribution in [2.75, 3.05) is 11.9 Å². The lowest BCUT2D eigenvalue weighted by Crippen LogP contribution is -2.32.